The molecule has 0 spiro atoms. The van der Waals surface area contributed by atoms with E-state index in [0.29, 0.717) is 19.0 Å². The molecule has 1 amide bonds. The lowest BCUT2D eigenvalue weighted by Crippen LogP contribution is -2.43. The van der Waals surface area contributed by atoms with E-state index in [1.807, 2.05) is 11.8 Å². The largest absolute Gasteiger partial charge is 0.507 e. The van der Waals surface area contributed by atoms with Crippen molar-refractivity contribution >= 4 is 47.6 Å². The number of aliphatic imine (C=N–C) groups is 1. The van der Waals surface area contributed by atoms with Gasteiger partial charge in [-0.25, -0.2) is 0 Å². The van der Waals surface area contributed by atoms with Gasteiger partial charge in [0, 0.05) is 31.1 Å². The minimum atomic E-state index is -0.309. The summed E-state index contributed by atoms with van der Waals surface area (Å²) < 4.78 is 0. The number of amides is 1. The van der Waals surface area contributed by atoms with Crippen LogP contribution in [-0.4, -0.2) is 59.6 Å². The van der Waals surface area contributed by atoms with Gasteiger partial charge in [0.1, 0.15) is 5.75 Å². The number of nitrogens with zero attached hydrogens (tertiary/aromatic N) is 2. The van der Waals surface area contributed by atoms with Crippen molar-refractivity contribution in [2.75, 3.05) is 37.7 Å². The minimum Gasteiger partial charge on any atom is -0.507 e. The van der Waals surface area contributed by atoms with Gasteiger partial charge in [-0.05, 0) is 12.1 Å². The Morgan fingerprint density at radius 3 is 2.73 bits per heavy atom. The summed E-state index contributed by atoms with van der Waals surface area (Å²) in [4.78, 5) is 18.2. The second kappa shape index (κ2) is 9.78. The third kappa shape index (κ3) is 5.56. The minimum absolute atomic E-state index is 0. The van der Waals surface area contributed by atoms with Crippen LogP contribution in [0.15, 0.2) is 29.3 Å². The molecule has 0 atom stereocenters. The van der Waals surface area contributed by atoms with Crippen LogP contribution in [0.1, 0.15) is 10.4 Å². The number of halogens is 1. The third-order valence-corrected chi connectivity index (χ3v) is 4.10. The Labute approximate surface area is 151 Å². The number of hydrogen-bond acceptors (Lipinski definition) is 4. The zero-order chi connectivity index (χ0) is 15.1. The predicted molar refractivity (Wildman–Crippen MR) is 101 cm³/mol. The predicted octanol–water partition coefficient (Wildman–Crippen LogP) is 1.10. The number of carbonyl (C=O) groups is 1. The molecule has 1 aromatic rings. The monoisotopic (exact) mass is 436 g/mol. The summed E-state index contributed by atoms with van der Waals surface area (Å²) in [6, 6.07) is 6.44. The first-order valence-corrected chi connectivity index (χ1v) is 8.03. The number of nitrogens with two attached hydrogens (primary N) is 1. The molecule has 0 aliphatic carbocycles. The second-order valence-corrected chi connectivity index (χ2v) is 5.84. The molecule has 1 heterocycles. The Morgan fingerprint density at radius 2 is 2.05 bits per heavy atom. The Balaban J connectivity index is 0.00000242. The average Bonchev–Trinajstić information content (AvgIpc) is 2.52. The number of benzene rings is 1. The maximum absolute atomic E-state index is 11.8. The number of aromatic hydroxyl groups is 1. The standard InChI is InChI=1S/C14H20N4O2S.HI/c15-14(18-7-9-21-10-8-18)17-6-5-16-13(20)11-3-1-2-4-12(11)19;/h1-4,19H,5-10H2,(H2,15,17)(H,16,20);1H. The lowest BCUT2D eigenvalue weighted by molar-refractivity contribution is 0.0952. The van der Waals surface area contributed by atoms with Crippen molar-refractivity contribution in [3.63, 3.8) is 0 Å². The molecule has 1 saturated heterocycles. The lowest BCUT2D eigenvalue weighted by Gasteiger charge is -2.27. The summed E-state index contributed by atoms with van der Waals surface area (Å²) in [5.74, 6) is 2.34. The molecule has 122 valence electrons. The fraction of sp³-hybridized carbons (Fsp3) is 0.429. The molecule has 1 aliphatic rings. The zero-order valence-electron chi connectivity index (χ0n) is 12.2. The number of guanidine groups is 1. The maximum Gasteiger partial charge on any atom is 0.255 e. The van der Waals surface area contributed by atoms with E-state index in [1.54, 1.807) is 18.2 Å². The quantitative estimate of drug-likeness (QED) is 0.285. The van der Waals surface area contributed by atoms with Crippen LogP contribution in [0.25, 0.3) is 0 Å². The summed E-state index contributed by atoms with van der Waals surface area (Å²) in [6.07, 6.45) is 0. The van der Waals surface area contributed by atoms with E-state index in [9.17, 15) is 9.90 Å². The van der Waals surface area contributed by atoms with Gasteiger partial charge < -0.3 is 21.1 Å². The third-order valence-electron chi connectivity index (χ3n) is 3.15. The molecule has 1 aliphatic heterocycles. The fourth-order valence-corrected chi connectivity index (χ4v) is 2.90. The van der Waals surface area contributed by atoms with Gasteiger partial charge in [-0.2, -0.15) is 11.8 Å². The SMILES string of the molecule is I.NC(=NCCNC(=O)c1ccccc1O)N1CCSCC1. The van der Waals surface area contributed by atoms with Gasteiger partial charge in [0.15, 0.2) is 5.96 Å². The molecular weight excluding hydrogens is 415 g/mol. The van der Waals surface area contributed by atoms with Gasteiger partial charge in [0.05, 0.1) is 12.1 Å². The zero-order valence-corrected chi connectivity index (χ0v) is 15.3. The van der Waals surface area contributed by atoms with Crippen molar-refractivity contribution in [2.24, 2.45) is 10.7 Å². The van der Waals surface area contributed by atoms with E-state index in [2.05, 4.69) is 15.2 Å². The molecule has 8 heteroatoms. The highest BCUT2D eigenvalue weighted by atomic mass is 127. The van der Waals surface area contributed by atoms with E-state index in [4.69, 9.17) is 5.73 Å². The highest BCUT2D eigenvalue weighted by molar-refractivity contribution is 14.0. The number of hydrogen-bond donors (Lipinski definition) is 3. The Hall–Kier alpha value is -1.16. The summed E-state index contributed by atoms with van der Waals surface area (Å²) in [6.45, 7) is 2.65. The van der Waals surface area contributed by atoms with E-state index in [0.717, 1.165) is 24.6 Å². The molecule has 0 radical (unpaired) electrons. The molecule has 2 rings (SSSR count). The van der Waals surface area contributed by atoms with E-state index in [1.165, 1.54) is 6.07 Å². The number of phenols is 1. The molecule has 0 unspecified atom stereocenters. The van der Waals surface area contributed by atoms with Gasteiger partial charge in [0.2, 0.25) is 0 Å². The van der Waals surface area contributed by atoms with Crippen LogP contribution in [0.4, 0.5) is 0 Å². The average molecular weight is 436 g/mol. The molecule has 22 heavy (non-hydrogen) atoms. The number of thioether (sulfide) groups is 1. The normalized spacial score (nSPS) is 15.1. The number of nitrogens with one attached hydrogen (secondary N) is 1. The molecule has 6 nitrogen and oxygen atoms in total. The summed E-state index contributed by atoms with van der Waals surface area (Å²) in [5.41, 5.74) is 6.18. The highest BCUT2D eigenvalue weighted by Crippen LogP contribution is 2.14. The van der Waals surface area contributed by atoms with Crippen molar-refractivity contribution in [3.8, 4) is 5.75 Å². The smallest absolute Gasteiger partial charge is 0.255 e. The molecule has 4 N–H and O–H groups in total. The van der Waals surface area contributed by atoms with Gasteiger partial charge in [-0.1, -0.05) is 12.1 Å². The van der Waals surface area contributed by atoms with E-state index in [-0.39, 0.29) is 41.2 Å². The molecule has 0 bridgehead atoms. The fourth-order valence-electron chi connectivity index (χ4n) is 1.99. The van der Waals surface area contributed by atoms with Crippen LogP contribution in [-0.2, 0) is 0 Å². The van der Waals surface area contributed by atoms with Crippen LogP contribution in [0, 0.1) is 0 Å². The van der Waals surface area contributed by atoms with Crippen molar-refractivity contribution in [3.05, 3.63) is 29.8 Å². The lowest BCUT2D eigenvalue weighted by atomic mass is 10.2. The molecule has 0 saturated carbocycles. The van der Waals surface area contributed by atoms with Crippen molar-refractivity contribution in [1.29, 1.82) is 0 Å². The van der Waals surface area contributed by atoms with Crippen LogP contribution < -0.4 is 11.1 Å². The summed E-state index contributed by atoms with van der Waals surface area (Å²) in [7, 11) is 0. The topological polar surface area (TPSA) is 90.9 Å². The summed E-state index contributed by atoms with van der Waals surface area (Å²) >= 11 is 1.91. The number of phenolic OH excluding ortho intramolecular Hbond substituents is 1. The Kier molecular flexibility index (Phi) is 8.39. The summed E-state index contributed by atoms with van der Waals surface area (Å²) in [5, 5.41) is 12.3. The first kappa shape index (κ1) is 18.9. The number of para-hydroxylation sites is 1. The molecule has 0 aromatic heterocycles. The number of carbonyl (C=O) groups excluding carboxylic acids is 1. The van der Waals surface area contributed by atoms with Crippen LogP contribution in [0.3, 0.4) is 0 Å². The Morgan fingerprint density at radius 1 is 1.36 bits per heavy atom. The van der Waals surface area contributed by atoms with Gasteiger partial charge >= 0.3 is 0 Å². The molecular formula is C14H21IN4O2S. The molecule has 1 aromatic carbocycles. The number of rotatable bonds is 4. The molecule has 1 fully saturated rings. The van der Waals surface area contributed by atoms with Gasteiger partial charge in [-0.3, -0.25) is 9.79 Å². The first-order chi connectivity index (χ1) is 10.2. The van der Waals surface area contributed by atoms with Crippen LogP contribution in [0.5, 0.6) is 5.75 Å². The van der Waals surface area contributed by atoms with Crippen LogP contribution in [0.2, 0.25) is 0 Å². The first-order valence-electron chi connectivity index (χ1n) is 6.87. The second-order valence-electron chi connectivity index (χ2n) is 4.61. The van der Waals surface area contributed by atoms with Crippen molar-refractivity contribution in [1.82, 2.24) is 10.2 Å². The van der Waals surface area contributed by atoms with Crippen molar-refractivity contribution < 1.29 is 9.90 Å². The highest BCUT2D eigenvalue weighted by Gasteiger charge is 2.12. The van der Waals surface area contributed by atoms with Crippen LogP contribution >= 0.6 is 35.7 Å². The van der Waals surface area contributed by atoms with E-state index < -0.39 is 0 Å². The maximum atomic E-state index is 11.8. The van der Waals surface area contributed by atoms with Gasteiger partial charge in [0.25, 0.3) is 5.91 Å². The van der Waals surface area contributed by atoms with E-state index >= 15 is 0 Å². The Bertz CT molecular complexity index is 521. The van der Waals surface area contributed by atoms with Gasteiger partial charge in [-0.15, -0.1) is 24.0 Å². The van der Waals surface area contributed by atoms with Crippen molar-refractivity contribution in [2.45, 2.75) is 0 Å².